The van der Waals surface area contributed by atoms with Gasteiger partial charge in [-0.15, -0.1) is 0 Å². The number of hydrogen-bond acceptors (Lipinski definition) is 3. The van der Waals surface area contributed by atoms with E-state index in [1.54, 1.807) is 36.4 Å². The van der Waals surface area contributed by atoms with Gasteiger partial charge >= 0.3 is 0 Å². The molecule has 3 aromatic carbocycles. The van der Waals surface area contributed by atoms with Crippen LogP contribution < -0.4 is 0 Å². The lowest BCUT2D eigenvalue weighted by atomic mass is 10.1. The molecule has 0 atom stereocenters. The molecule has 0 aromatic heterocycles. The maximum Gasteiger partial charge on any atom is 0.210 e. The van der Waals surface area contributed by atoms with Gasteiger partial charge in [-0.3, -0.25) is 0 Å². The van der Waals surface area contributed by atoms with Crippen LogP contribution >= 0.6 is 0 Å². The van der Waals surface area contributed by atoms with Gasteiger partial charge in [0.1, 0.15) is 10.6 Å². The van der Waals surface area contributed by atoms with Crippen LogP contribution in [-0.2, 0) is 9.84 Å². The minimum atomic E-state index is -3.75. The number of phenols is 1. The molecule has 0 spiro atoms. The maximum atomic E-state index is 12.7. The summed E-state index contributed by atoms with van der Waals surface area (Å²) in [4.78, 5) is 0.133. The Kier molecular flexibility index (Phi) is 2.95. The van der Waals surface area contributed by atoms with Gasteiger partial charge < -0.3 is 5.11 Å². The molecular formula is C16H12O3S. The van der Waals surface area contributed by atoms with E-state index in [0.717, 1.165) is 5.39 Å². The molecule has 0 saturated carbocycles. The molecule has 1 N–H and O–H groups in total. The fourth-order valence-corrected chi connectivity index (χ4v) is 3.80. The molecule has 4 heteroatoms. The van der Waals surface area contributed by atoms with Crippen molar-refractivity contribution in [1.29, 1.82) is 0 Å². The van der Waals surface area contributed by atoms with Crippen molar-refractivity contribution in [3.05, 3.63) is 66.7 Å². The fraction of sp³-hybridized carbons (Fsp3) is 0. The van der Waals surface area contributed by atoms with Crippen molar-refractivity contribution in [3.8, 4) is 5.75 Å². The summed E-state index contributed by atoms with van der Waals surface area (Å²) in [5.41, 5.74) is 0. The third-order valence-corrected chi connectivity index (χ3v) is 5.05. The van der Waals surface area contributed by atoms with Crippen molar-refractivity contribution in [3.63, 3.8) is 0 Å². The van der Waals surface area contributed by atoms with Crippen molar-refractivity contribution < 1.29 is 13.5 Å². The van der Waals surface area contributed by atoms with Crippen molar-refractivity contribution in [1.82, 2.24) is 0 Å². The summed E-state index contributed by atoms with van der Waals surface area (Å²) in [6.07, 6.45) is 0. The molecule has 0 aliphatic rings. The minimum absolute atomic E-state index is 0.0728. The molecule has 0 amide bonds. The number of benzene rings is 3. The second-order valence-electron chi connectivity index (χ2n) is 4.45. The first-order chi connectivity index (χ1) is 9.60. The largest absolute Gasteiger partial charge is 0.507 e. The SMILES string of the molecule is O=S(=O)(c1ccccc1O)c1cccc2ccccc12. The lowest BCUT2D eigenvalue weighted by Crippen LogP contribution is -2.03. The number of sulfone groups is 1. The van der Waals surface area contributed by atoms with Crippen LogP contribution in [0.3, 0.4) is 0 Å². The Hall–Kier alpha value is -2.33. The number of rotatable bonds is 2. The van der Waals surface area contributed by atoms with Gasteiger partial charge in [-0.1, -0.05) is 48.5 Å². The summed E-state index contributed by atoms with van der Waals surface area (Å²) in [6, 6.07) is 18.4. The van der Waals surface area contributed by atoms with E-state index in [1.165, 1.54) is 12.1 Å². The predicted molar refractivity (Wildman–Crippen MR) is 77.5 cm³/mol. The average Bonchev–Trinajstić information content (AvgIpc) is 2.47. The molecule has 0 unspecified atom stereocenters. The first-order valence-electron chi connectivity index (χ1n) is 6.11. The van der Waals surface area contributed by atoms with Crippen LogP contribution in [0.2, 0.25) is 0 Å². The minimum Gasteiger partial charge on any atom is -0.507 e. The van der Waals surface area contributed by atoms with E-state index in [0.29, 0.717) is 5.39 Å². The molecular weight excluding hydrogens is 272 g/mol. The highest BCUT2D eigenvalue weighted by Crippen LogP contribution is 2.32. The zero-order valence-electron chi connectivity index (χ0n) is 10.5. The molecule has 0 aliphatic carbocycles. The first-order valence-corrected chi connectivity index (χ1v) is 7.60. The second kappa shape index (κ2) is 4.65. The number of aromatic hydroxyl groups is 1. The molecule has 0 aliphatic heterocycles. The van der Waals surface area contributed by atoms with Gasteiger partial charge in [-0.25, -0.2) is 8.42 Å². The summed E-state index contributed by atoms with van der Waals surface area (Å²) in [5.74, 6) is -0.236. The highest BCUT2D eigenvalue weighted by molar-refractivity contribution is 7.91. The standard InChI is InChI=1S/C16H12O3S/c17-14-9-3-4-10-16(14)20(18,19)15-11-5-7-12-6-1-2-8-13(12)15/h1-11,17H. The Morgan fingerprint density at radius 1 is 0.700 bits per heavy atom. The zero-order chi connectivity index (χ0) is 14.2. The van der Waals surface area contributed by atoms with E-state index in [1.807, 2.05) is 18.2 Å². The highest BCUT2D eigenvalue weighted by atomic mass is 32.2. The van der Waals surface area contributed by atoms with E-state index in [2.05, 4.69) is 0 Å². The Bertz CT molecular complexity index is 878. The average molecular weight is 284 g/mol. The van der Waals surface area contributed by atoms with Crippen LogP contribution in [0.25, 0.3) is 10.8 Å². The predicted octanol–water partition coefficient (Wildman–Crippen LogP) is 3.38. The molecule has 0 saturated heterocycles. The van der Waals surface area contributed by atoms with Crippen LogP contribution in [0.5, 0.6) is 5.75 Å². The summed E-state index contributed by atoms with van der Waals surface area (Å²) >= 11 is 0. The highest BCUT2D eigenvalue weighted by Gasteiger charge is 2.22. The van der Waals surface area contributed by atoms with Crippen molar-refractivity contribution in [2.45, 2.75) is 9.79 Å². The van der Waals surface area contributed by atoms with Gasteiger partial charge in [0.05, 0.1) is 4.90 Å². The van der Waals surface area contributed by atoms with Gasteiger partial charge in [-0.05, 0) is 23.6 Å². The Morgan fingerprint density at radius 3 is 2.10 bits per heavy atom. The smallest absolute Gasteiger partial charge is 0.210 e. The van der Waals surface area contributed by atoms with Crippen molar-refractivity contribution in [2.75, 3.05) is 0 Å². The normalized spacial score (nSPS) is 11.6. The second-order valence-corrected chi connectivity index (χ2v) is 6.33. The first kappa shape index (κ1) is 12.7. The molecule has 3 rings (SSSR count). The number of para-hydroxylation sites is 1. The summed E-state index contributed by atoms with van der Waals surface area (Å²) < 4.78 is 25.4. The molecule has 0 radical (unpaired) electrons. The van der Waals surface area contributed by atoms with E-state index in [-0.39, 0.29) is 15.5 Å². The molecule has 0 heterocycles. The third-order valence-electron chi connectivity index (χ3n) is 3.19. The number of hydrogen-bond donors (Lipinski definition) is 1. The summed E-state index contributed by atoms with van der Waals surface area (Å²) in [7, 11) is -3.75. The van der Waals surface area contributed by atoms with Gasteiger partial charge in [0.2, 0.25) is 9.84 Å². The number of phenolic OH excluding ortho intramolecular Hbond substituents is 1. The lowest BCUT2D eigenvalue weighted by Gasteiger charge is -2.09. The molecule has 0 fully saturated rings. The lowest BCUT2D eigenvalue weighted by molar-refractivity contribution is 0.459. The molecule has 3 nitrogen and oxygen atoms in total. The Labute approximate surface area is 117 Å². The van der Waals surface area contributed by atoms with E-state index < -0.39 is 9.84 Å². The fourth-order valence-electron chi connectivity index (χ4n) is 2.23. The van der Waals surface area contributed by atoms with Gasteiger partial charge in [-0.2, -0.15) is 0 Å². The zero-order valence-corrected chi connectivity index (χ0v) is 11.3. The maximum absolute atomic E-state index is 12.7. The summed E-state index contributed by atoms with van der Waals surface area (Å²) in [6.45, 7) is 0. The Morgan fingerprint density at radius 2 is 1.30 bits per heavy atom. The molecule has 3 aromatic rings. The Balaban J connectivity index is 2.33. The van der Waals surface area contributed by atoms with Crippen LogP contribution in [0.4, 0.5) is 0 Å². The van der Waals surface area contributed by atoms with Gasteiger partial charge in [0, 0.05) is 5.39 Å². The van der Waals surface area contributed by atoms with E-state index in [4.69, 9.17) is 0 Å². The number of fused-ring (bicyclic) bond motifs is 1. The van der Waals surface area contributed by atoms with Crippen LogP contribution in [0, 0.1) is 0 Å². The van der Waals surface area contributed by atoms with Crippen LogP contribution in [-0.4, -0.2) is 13.5 Å². The van der Waals surface area contributed by atoms with Crippen LogP contribution in [0.1, 0.15) is 0 Å². The van der Waals surface area contributed by atoms with Crippen molar-refractivity contribution in [2.24, 2.45) is 0 Å². The van der Waals surface area contributed by atoms with Gasteiger partial charge in [0.15, 0.2) is 0 Å². The topological polar surface area (TPSA) is 54.4 Å². The quantitative estimate of drug-likeness (QED) is 0.785. The third kappa shape index (κ3) is 1.94. The van der Waals surface area contributed by atoms with Crippen molar-refractivity contribution >= 4 is 20.6 Å². The van der Waals surface area contributed by atoms with E-state index >= 15 is 0 Å². The monoisotopic (exact) mass is 284 g/mol. The van der Waals surface area contributed by atoms with E-state index in [9.17, 15) is 13.5 Å². The van der Waals surface area contributed by atoms with Gasteiger partial charge in [0.25, 0.3) is 0 Å². The molecule has 20 heavy (non-hydrogen) atoms. The summed E-state index contributed by atoms with van der Waals surface area (Å²) in [5, 5.41) is 11.3. The molecule has 100 valence electrons. The molecule has 0 bridgehead atoms. The van der Waals surface area contributed by atoms with Crippen LogP contribution in [0.15, 0.2) is 76.5 Å².